The maximum Gasteiger partial charge on any atom is 0.284 e. The van der Waals surface area contributed by atoms with Crippen LogP contribution in [0.15, 0.2) is 89.8 Å². The Bertz CT molecular complexity index is 1680. The van der Waals surface area contributed by atoms with E-state index >= 15 is 8.78 Å². The summed E-state index contributed by atoms with van der Waals surface area (Å²) < 4.78 is 58.5. The zero-order chi connectivity index (χ0) is 27.7. The molecule has 38 heavy (non-hydrogen) atoms. The smallest absolute Gasteiger partial charge is 0.284 e. The Morgan fingerprint density at radius 1 is 0.947 bits per heavy atom. The minimum absolute atomic E-state index is 0.0127. The average Bonchev–Trinajstić information content (AvgIpc) is 2.87. The first kappa shape index (κ1) is 27.1. The third-order valence-corrected chi connectivity index (χ3v) is 7.56. The second kappa shape index (κ2) is 10.4. The Balaban J connectivity index is 1.60. The Morgan fingerprint density at radius 2 is 1.68 bits per heavy atom. The fraction of sp³-hybridized carbons (Fsp3) is 0.172. The third-order valence-electron chi connectivity index (χ3n) is 5.75. The molecular formula is C29H27F2N3O3S. The zero-order valence-corrected chi connectivity index (χ0v) is 22.2. The monoisotopic (exact) mass is 535 g/mol. The van der Waals surface area contributed by atoms with Crippen molar-refractivity contribution < 1.29 is 22.0 Å². The van der Waals surface area contributed by atoms with Crippen LogP contribution in [0, 0.1) is 5.82 Å². The highest BCUT2D eigenvalue weighted by atomic mass is 32.2. The molecule has 0 spiro atoms. The number of amides is 1. The van der Waals surface area contributed by atoms with Crippen LogP contribution in [0.5, 0.6) is 0 Å². The number of aromatic nitrogens is 1. The van der Waals surface area contributed by atoms with E-state index in [9.17, 15) is 13.2 Å². The van der Waals surface area contributed by atoms with Crippen molar-refractivity contribution in [2.45, 2.75) is 38.1 Å². The number of anilines is 1. The van der Waals surface area contributed by atoms with Crippen molar-refractivity contribution in [2.24, 2.45) is 0 Å². The largest absolute Gasteiger partial charge is 0.317 e. The number of benzene rings is 3. The quantitative estimate of drug-likeness (QED) is 0.278. The fourth-order valence-corrected chi connectivity index (χ4v) is 5.62. The van der Waals surface area contributed by atoms with Crippen molar-refractivity contribution in [3.63, 3.8) is 0 Å². The topological polar surface area (TPSA) is 88.2 Å². The van der Waals surface area contributed by atoms with Gasteiger partial charge in [0.2, 0.25) is 10.0 Å². The van der Waals surface area contributed by atoms with Gasteiger partial charge in [0.25, 0.3) is 5.91 Å². The highest BCUT2D eigenvalue weighted by molar-refractivity contribution is 7.89. The van der Waals surface area contributed by atoms with Crippen molar-refractivity contribution in [3.8, 4) is 11.1 Å². The summed E-state index contributed by atoms with van der Waals surface area (Å²) in [5, 5.41) is 3.98. The van der Waals surface area contributed by atoms with Crippen LogP contribution in [0.2, 0.25) is 0 Å². The van der Waals surface area contributed by atoms with E-state index in [2.05, 4.69) is 15.0 Å². The number of hydrogen-bond acceptors (Lipinski definition) is 4. The predicted octanol–water partition coefficient (Wildman–Crippen LogP) is 6.46. The van der Waals surface area contributed by atoms with Crippen LogP contribution >= 0.6 is 0 Å². The summed E-state index contributed by atoms with van der Waals surface area (Å²) in [4.78, 5) is 16.6. The predicted molar refractivity (Wildman–Crippen MR) is 146 cm³/mol. The van der Waals surface area contributed by atoms with Crippen molar-refractivity contribution in [1.29, 1.82) is 0 Å². The highest BCUT2D eigenvalue weighted by Gasteiger charge is 2.25. The highest BCUT2D eigenvalue weighted by Crippen LogP contribution is 2.31. The van der Waals surface area contributed by atoms with Crippen LogP contribution in [-0.2, 0) is 14.8 Å². The van der Waals surface area contributed by atoms with E-state index in [0.717, 1.165) is 16.8 Å². The number of carbonyl (C=O) groups is 1. The molecule has 0 fully saturated rings. The van der Waals surface area contributed by atoms with E-state index < -0.39 is 33.1 Å². The summed E-state index contributed by atoms with van der Waals surface area (Å²) in [6.45, 7) is 6.62. The molecule has 0 aliphatic heterocycles. The lowest BCUT2D eigenvalue weighted by Gasteiger charge is -2.21. The van der Waals surface area contributed by atoms with Gasteiger partial charge in [-0.1, -0.05) is 36.4 Å². The normalized spacial score (nSPS) is 12.8. The number of nitrogens with zero attached hydrogens (tertiary/aromatic N) is 1. The SMILES string of the molecule is C/C(=C(\F)C(=O)Nc1ccc(-c2ccccc2S(=O)(=O)NC(C)(C)C)cc1F)c1ccc2ccncc2c1. The number of hydrogen-bond donors (Lipinski definition) is 2. The van der Waals surface area contributed by atoms with E-state index in [1.54, 1.807) is 69.6 Å². The number of allylic oxidation sites excluding steroid dienone is 1. The van der Waals surface area contributed by atoms with Gasteiger partial charge in [0.05, 0.1) is 10.6 Å². The molecule has 0 bridgehead atoms. The summed E-state index contributed by atoms with van der Waals surface area (Å²) in [7, 11) is -3.90. The van der Waals surface area contributed by atoms with Crippen molar-refractivity contribution in [3.05, 3.63) is 96.3 Å². The van der Waals surface area contributed by atoms with Gasteiger partial charge in [-0.15, -0.1) is 0 Å². The molecular weight excluding hydrogens is 508 g/mol. The Labute approximate surface area is 220 Å². The van der Waals surface area contributed by atoms with Crippen LogP contribution < -0.4 is 10.0 Å². The average molecular weight is 536 g/mol. The molecule has 0 atom stereocenters. The van der Waals surface area contributed by atoms with Crippen molar-refractivity contribution in [2.75, 3.05) is 5.32 Å². The van der Waals surface area contributed by atoms with E-state index in [0.29, 0.717) is 5.56 Å². The van der Waals surface area contributed by atoms with Gasteiger partial charge >= 0.3 is 0 Å². The first-order valence-electron chi connectivity index (χ1n) is 11.8. The molecule has 196 valence electrons. The van der Waals surface area contributed by atoms with Gasteiger partial charge in [-0.25, -0.2) is 21.9 Å². The maximum absolute atomic E-state index is 15.0. The van der Waals surface area contributed by atoms with Gasteiger partial charge in [0, 0.05) is 28.9 Å². The molecule has 1 amide bonds. The summed E-state index contributed by atoms with van der Waals surface area (Å²) in [6.07, 6.45) is 3.29. The van der Waals surface area contributed by atoms with Gasteiger partial charge in [-0.05, 0) is 80.1 Å². The molecule has 9 heteroatoms. The second-order valence-corrected chi connectivity index (χ2v) is 11.5. The number of sulfonamides is 1. The molecule has 0 aliphatic carbocycles. The Kier molecular flexibility index (Phi) is 7.44. The van der Waals surface area contributed by atoms with Crippen LogP contribution in [0.1, 0.15) is 33.3 Å². The van der Waals surface area contributed by atoms with Crippen LogP contribution in [0.4, 0.5) is 14.5 Å². The molecule has 0 saturated heterocycles. The number of pyridine rings is 1. The first-order chi connectivity index (χ1) is 17.9. The summed E-state index contributed by atoms with van der Waals surface area (Å²) >= 11 is 0. The fourth-order valence-electron chi connectivity index (χ4n) is 3.97. The van der Waals surface area contributed by atoms with E-state index in [4.69, 9.17) is 0 Å². The Hall–Kier alpha value is -3.95. The molecule has 1 aromatic heterocycles. The van der Waals surface area contributed by atoms with Gasteiger partial charge in [0.15, 0.2) is 5.83 Å². The minimum atomic E-state index is -3.90. The van der Waals surface area contributed by atoms with E-state index in [1.807, 2.05) is 6.07 Å². The van der Waals surface area contributed by atoms with Crippen LogP contribution in [0.25, 0.3) is 27.5 Å². The lowest BCUT2D eigenvalue weighted by molar-refractivity contribution is -0.114. The van der Waals surface area contributed by atoms with E-state index in [1.165, 1.54) is 25.1 Å². The first-order valence-corrected chi connectivity index (χ1v) is 13.3. The second-order valence-electron chi connectivity index (χ2n) is 9.88. The molecule has 2 N–H and O–H groups in total. The number of carbonyl (C=O) groups excluding carboxylic acids is 1. The molecule has 4 aromatic rings. The number of rotatable bonds is 6. The molecule has 4 rings (SSSR count). The standard InChI is InChI=1S/C29H27F2N3O3S/c1-18(20-10-9-19-13-14-32-17-22(19)15-20)27(31)28(35)33-25-12-11-21(16-24(25)30)23-7-5-6-8-26(23)38(36,37)34-29(2,3)4/h5-17,34H,1-4H3,(H,33,35)/b27-18+. The maximum atomic E-state index is 15.0. The summed E-state index contributed by atoms with van der Waals surface area (Å²) in [5.74, 6) is -2.99. The van der Waals surface area contributed by atoms with Crippen molar-refractivity contribution >= 4 is 38.0 Å². The van der Waals surface area contributed by atoms with Gasteiger partial charge < -0.3 is 5.32 Å². The lowest BCUT2D eigenvalue weighted by atomic mass is 10.0. The van der Waals surface area contributed by atoms with Gasteiger partial charge in [-0.2, -0.15) is 0 Å². The molecule has 3 aromatic carbocycles. The van der Waals surface area contributed by atoms with Gasteiger partial charge in [-0.3, -0.25) is 9.78 Å². The number of fused-ring (bicyclic) bond motifs is 1. The summed E-state index contributed by atoms with van der Waals surface area (Å²) in [6, 6.07) is 17.1. The minimum Gasteiger partial charge on any atom is -0.317 e. The lowest BCUT2D eigenvalue weighted by Crippen LogP contribution is -2.40. The Morgan fingerprint density at radius 3 is 2.39 bits per heavy atom. The molecule has 0 saturated carbocycles. The number of halogens is 2. The molecule has 6 nitrogen and oxygen atoms in total. The third kappa shape index (κ3) is 5.95. The van der Waals surface area contributed by atoms with Crippen molar-refractivity contribution in [1.82, 2.24) is 9.71 Å². The van der Waals surface area contributed by atoms with Gasteiger partial charge in [0.1, 0.15) is 5.82 Å². The summed E-state index contributed by atoms with van der Waals surface area (Å²) in [5.41, 5.74) is 0.204. The zero-order valence-electron chi connectivity index (χ0n) is 21.3. The molecule has 0 unspecified atom stereocenters. The molecule has 1 heterocycles. The van der Waals surface area contributed by atoms with E-state index in [-0.39, 0.29) is 27.3 Å². The molecule has 0 aliphatic rings. The van der Waals surface area contributed by atoms with Crippen LogP contribution in [0.3, 0.4) is 0 Å². The molecule has 0 radical (unpaired) electrons. The van der Waals surface area contributed by atoms with Crippen LogP contribution in [-0.4, -0.2) is 24.8 Å². The number of nitrogens with one attached hydrogen (secondary N) is 2.